The Morgan fingerprint density at radius 3 is 0.525 bits per heavy atom. The Labute approximate surface area is 382 Å². The van der Waals surface area contributed by atoms with Crippen molar-refractivity contribution >= 4 is 28.3 Å². The molecule has 1 heteroatoms. The van der Waals surface area contributed by atoms with E-state index in [1.807, 2.05) is 0 Å². The third kappa shape index (κ3) is 9.42. The van der Waals surface area contributed by atoms with E-state index in [0.29, 0.717) is 47.3 Å². The Bertz CT molecular complexity index is 2020. The van der Waals surface area contributed by atoms with Crippen molar-refractivity contribution in [3.63, 3.8) is 0 Å². The van der Waals surface area contributed by atoms with Crippen LogP contribution in [0.4, 0.5) is 0 Å². The van der Waals surface area contributed by atoms with Crippen molar-refractivity contribution < 1.29 is 0 Å². The number of hydrogen-bond donors (Lipinski definition) is 0. The number of benzene rings is 6. The summed E-state index contributed by atoms with van der Waals surface area (Å²) in [6.45, 7) is 38.2. The second-order valence-electron chi connectivity index (χ2n) is 20.1. The molecular weight excluding hydrogens is 839 g/mol. The summed E-state index contributed by atoms with van der Waals surface area (Å²) in [5, 5.41) is 0. The maximum absolute atomic E-state index is 2.51. The van der Waals surface area contributed by atoms with Gasteiger partial charge in [-0.15, -0.1) is 0 Å². The van der Waals surface area contributed by atoms with Gasteiger partial charge in [-0.05, 0) is 0 Å². The van der Waals surface area contributed by atoms with Gasteiger partial charge in [0.2, 0.25) is 0 Å². The van der Waals surface area contributed by atoms with Crippen molar-refractivity contribution in [1.29, 1.82) is 0 Å². The third-order valence-electron chi connectivity index (χ3n) is 12.9. The quantitative estimate of drug-likeness (QED) is 0.0955. The molecule has 0 aliphatic heterocycles. The molecule has 6 aromatic carbocycles. The Hall–Kier alpha value is -3.88. The molecule has 0 heterocycles. The average molecular weight is 914 g/mol. The standard InChI is InChI=1S/2C30H37.Sn/c2*1-19(2)25-14-10-15-26(20(3)4)29(25)23-12-9-13-24(18-23)30-27(21(5)6)16-11-17-28(30)22(7)8;/h2*9-17,19-22H,1-8H3;. The van der Waals surface area contributed by atoms with Gasteiger partial charge in [0, 0.05) is 0 Å². The average Bonchev–Trinajstić information content (AvgIpc) is 3.22. The van der Waals surface area contributed by atoms with Crippen LogP contribution in [-0.4, -0.2) is 21.1 Å². The molecular formula is C60H74Sn. The van der Waals surface area contributed by atoms with Crippen LogP contribution < -0.4 is 7.16 Å². The van der Waals surface area contributed by atoms with E-state index in [1.54, 1.807) is 7.16 Å². The predicted octanol–water partition coefficient (Wildman–Crippen LogP) is 17.0. The van der Waals surface area contributed by atoms with Gasteiger partial charge in [-0.3, -0.25) is 0 Å². The van der Waals surface area contributed by atoms with E-state index in [4.69, 9.17) is 0 Å². The summed E-state index contributed by atoms with van der Waals surface area (Å²) in [5.74, 6) is 3.15. The van der Waals surface area contributed by atoms with Crippen LogP contribution in [0.3, 0.4) is 0 Å². The molecule has 0 saturated carbocycles. The van der Waals surface area contributed by atoms with Crippen LogP contribution in [0, 0.1) is 0 Å². The minimum absolute atomic E-state index is 0.394. The van der Waals surface area contributed by atoms with Gasteiger partial charge in [-0.25, -0.2) is 0 Å². The van der Waals surface area contributed by atoms with Gasteiger partial charge >= 0.3 is 385 Å². The van der Waals surface area contributed by atoms with E-state index in [9.17, 15) is 0 Å². The Morgan fingerprint density at radius 2 is 0.377 bits per heavy atom. The van der Waals surface area contributed by atoms with Gasteiger partial charge in [0.15, 0.2) is 0 Å². The van der Waals surface area contributed by atoms with Gasteiger partial charge in [-0.2, -0.15) is 0 Å². The van der Waals surface area contributed by atoms with E-state index in [-0.39, 0.29) is 0 Å². The van der Waals surface area contributed by atoms with Crippen LogP contribution in [0.1, 0.15) is 203 Å². The van der Waals surface area contributed by atoms with Gasteiger partial charge in [0.1, 0.15) is 0 Å². The van der Waals surface area contributed by atoms with Crippen LogP contribution in [0.5, 0.6) is 0 Å². The van der Waals surface area contributed by atoms with Crippen LogP contribution in [0.2, 0.25) is 0 Å². The fraction of sp³-hybridized carbons (Fsp3) is 0.400. The Kier molecular flexibility index (Phi) is 15.0. The summed E-state index contributed by atoms with van der Waals surface area (Å²) in [6.07, 6.45) is 0. The molecule has 6 aromatic rings. The summed E-state index contributed by atoms with van der Waals surface area (Å²) in [7, 11) is 0. The molecule has 0 saturated heterocycles. The Morgan fingerprint density at radius 1 is 0.230 bits per heavy atom. The van der Waals surface area contributed by atoms with Crippen LogP contribution in [-0.2, 0) is 0 Å². The number of hydrogen-bond acceptors (Lipinski definition) is 0. The first-order chi connectivity index (χ1) is 29.0. The molecule has 0 atom stereocenters. The topological polar surface area (TPSA) is 0 Å². The molecule has 2 radical (unpaired) electrons. The monoisotopic (exact) mass is 914 g/mol. The van der Waals surface area contributed by atoms with E-state index in [0.717, 1.165) is 0 Å². The van der Waals surface area contributed by atoms with Gasteiger partial charge < -0.3 is 0 Å². The molecule has 0 fully saturated rings. The molecule has 0 spiro atoms. The maximum atomic E-state index is 2.51. The van der Waals surface area contributed by atoms with E-state index in [2.05, 4.69) is 220 Å². The normalized spacial score (nSPS) is 12.2. The minimum atomic E-state index is -1.71. The van der Waals surface area contributed by atoms with Gasteiger partial charge in [0.05, 0.1) is 0 Å². The molecule has 0 amide bonds. The summed E-state index contributed by atoms with van der Waals surface area (Å²) in [5.41, 5.74) is 23.3. The summed E-state index contributed by atoms with van der Waals surface area (Å²) in [6, 6.07) is 43.3. The van der Waals surface area contributed by atoms with Crippen LogP contribution >= 0.6 is 0 Å². The molecule has 0 nitrogen and oxygen atoms in total. The molecule has 318 valence electrons. The molecule has 61 heavy (non-hydrogen) atoms. The third-order valence-corrected chi connectivity index (χ3v) is 17.4. The van der Waals surface area contributed by atoms with Gasteiger partial charge in [-0.1, -0.05) is 0 Å². The molecule has 0 aliphatic carbocycles. The molecule has 0 unspecified atom stereocenters. The van der Waals surface area contributed by atoms with E-state index < -0.39 is 21.1 Å². The first kappa shape index (κ1) is 46.6. The fourth-order valence-electron chi connectivity index (χ4n) is 9.78. The van der Waals surface area contributed by atoms with Crippen molar-refractivity contribution in [3.8, 4) is 44.5 Å². The molecule has 0 aromatic heterocycles. The van der Waals surface area contributed by atoms with Crippen LogP contribution in [0.15, 0.2) is 109 Å². The summed E-state index contributed by atoms with van der Waals surface area (Å²) < 4.78 is 3.21. The molecule has 6 rings (SSSR count). The number of rotatable bonds is 14. The van der Waals surface area contributed by atoms with Crippen molar-refractivity contribution in [2.75, 3.05) is 0 Å². The van der Waals surface area contributed by atoms with Crippen molar-refractivity contribution in [1.82, 2.24) is 0 Å². The van der Waals surface area contributed by atoms with Crippen LogP contribution in [0.25, 0.3) is 44.5 Å². The van der Waals surface area contributed by atoms with Crippen molar-refractivity contribution in [2.45, 2.75) is 158 Å². The zero-order valence-electron chi connectivity index (χ0n) is 40.5. The first-order valence-corrected chi connectivity index (χ1v) is 26.4. The Balaban J connectivity index is 1.89. The van der Waals surface area contributed by atoms with Crippen molar-refractivity contribution in [2.24, 2.45) is 0 Å². The summed E-state index contributed by atoms with van der Waals surface area (Å²) >= 11 is -1.71. The van der Waals surface area contributed by atoms with E-state index >= 15 is 0 Å². The zero-order valence-corrected chi connectivity index (χ0v) is 43.4. The second kappa shape index (κ2) is 19.7. The molecule has 0 N–H and O–H groups in total. The first-order valence-electron chi connectivity index (χ1n) is 23.5. The van der Waals surface area contributed by atoms with Crippen molar-refractivity contribution in [3.05, 3.63) is 154 Å². The molecule has 0 aliphatic rings. The second-order valence-corrected chi connectivity index (χ2v) is 23.6. The SMILES string of the molecule is CC(C)c1cccc(C(C)C)c1-c1cccc(-c2c(C(C)C)cccc2C(C)C)[c]1[Sn][c]1c(-c2c(C(C)C)cccc2C(C)C)cccc1-c1c(C(C)C)cccc1C(C)C. The van der Waals surface area contributed by atoms with Gasteiger partial charge in [0.25, 0.3) is 0 Å². The summed E-state index contributed by atoms with van der Waals surface area (Å²) in [4.78, 5) is 0. The fourth-order valence-corrected chi connectivity index (χ4v) is 14.4. The molecule has 0 bridgehead atoms. The van der Waals surface area contributed by atoms with E-state index in [1.165, 1.54) is 89.0 Å². The predicted molar refractivity (Wildman–Crippen MR) is 272 cm³/mol. The zero-order chi connectivity index (χ0) is 44.4.